The minimum Gasteiger partial charge on any atom is -0.368 e. The first kappa shape index (κ1) is 23.8. The molecule has 4 aromatic rings. The molecule has 4 N–H and O–H groups in total. The van der Waals surface area contributed by atoms with Crippen LogP contribution in [0.4, 0.5) is 17.3 Å². The smallest absolute Gasteiger partial charge is 0.333 e. The Morgan fingerprint density at radius 3 is 2.36 bits per heavy atom. The van der Waals surface area contributed by atoms with Gasteiger partial charge in [-0.3, -0.25) is 15.8 Å². The van der Waals surface area contributed by atoms with Crippen molar-refractivity contribution in [2.45, 2.75) is 6.92 Å². The topological polar surface area (TPSA) is 130 Å². The van der Waals surface area contributed by atoms with Gasteiger partial charge in [0.2, 0.25) is 5.95 Å². The molecule has 12 heteroatoms. The SMILES string of the molecule is CC(=N)N1CCN(c2ccc(Nc3ncc4c(=N)n(-c5c(Cl)cccc5Cl)c(=O)[nH]c4n3)cc2)CC1. The lowest BCUT2D eigenvalue weighted by atomic mass is 10.2. The van der Waals surface area contributed by atoms with Gasteiger partial charge < -0.3 is 15.1 Å². The van der Waals surface area contributed by atoms with Crippen LogP contribution in [0.3, 0.4) is 0 Å². The molecule has 0 radical (unpaired) electrons. The lowest BCUT2D eigenvalue weighted by Gasteiger charge is -2.36. The maximum atomic E-state index is 12.8. The number of hydrogen-bond donors (Lipinski definition) is 4. The summed E-state index contributed by atoms with van der Waals surface area (Å²) in [5.41, 5.74) is 1.62. The van der Waals surface area contributed by atoms with Gasteiger partial charge in [0, 0.05) is 43.8 Å². The van der Waals surface area contributed by atoms with Gasteiger partial charge in [0.25, 0.3) is 0 Å². The van der Waals surface area contributed by atoms with Crippen molar-refractivity contribution >= 4 is 57.4 Å². The third-order valence-corrected chi connectivity index (χ3v) is 6.71. The van der Waals surface area contributed by atoms with Gasteiger partial charge in [0.15, 0.2) is 5.65 Å². The Bertz CT molecular complexity index is 1550. The van der Waals surface area contributed by atoms with Crippen molar-refractivity contribution in [3.63, 3.8) is 0 Å². The highest BCUT2D eigenvalue weighted by molar-refractivity contribution is 6.37. The van der Waals surface area contributed by atoms with Gasteiger partial charge in [0.05, 0.1) is 27.0 Å². The second kappa shape index (κ2) is 9.63. The standard InChI is InChI=1S/C24H23Cl2N9O/c1-14(27)33-9-11-34(12-10-33)16-7-5-15(6-8-16)30-23-29-13-17-21(28)35(24(36)32-22(17)31-23)20-18(25)3-2-4-19(20)26/h2-8,13,27-28H,9-12H2,1H3,(H2,29,30,31,32,36). The highest BCUT2D eigenvalue weighted by atomic mass is 35.5. The van der Waals surface area contributed by atoms with E-state index in [1.54, 1.807) is 18.2 Å². The Balaban J connectivity index is 1.38. The van der Waals surface area contributed by atoms with Crippen LogP contribution >= 0.6 is 23.2 Å². The third kappa shape index (κ3) is 4.52. The number of rotatable bonds is 4. The van der Waals surface area contributed by atoms with E-state index in [1.807, 2.05) is 31.2 Å². The summed E-state index contributed by atoms with van der Waals surface area (Å²) in [6.07, 6.45) is 1.48. The van der Waals surface area contributed by atoms with Crippen LogP contribution in [0.25, 0.3) is 16.7 Å². The van der Waals surface area contributed by atoms with Crippen LogP contribution in [0.15, 0.2) is 53.5 Å². The van der Waals surface area contributed by atoms with Crippen LogP contribution in [0, 0.1) is 10.8 Å². The van der Waals surface area contributed by atoms with Gasteiger partial charge >= 0.3 is 5.69 Å². The van der Waals surface area contributed by atoms with Crippen LogP contribution in [0.2, 0.25) is 10.0 Å². The molecule has 10 nitrogen and oxygen atoms in total. The Kier molecular flexibility index (Phi) is 6.38. The Hall–Kier alpha value is -3.89. The molecule has 0 amide bonds. The van der Waals surface area contributed by atoms with E-state index in [0.29, 0.717) is 11.2 Å². The van der Waals surface area contributed by atoms with Gasteiger partial charge in [-0.2, -0.15) is 4.98 Å². The molecule has 0 unspecified atom stereocenters. The fourth-order valence-corrected chi connectivity index (χ4v) is 4.76. The number of halogens is 2. The molecular formula is C24H23Cl2N9O. The lowest BCUT2D eigenvalue weighted by molar-refractivity contribution is 0.382. The Morgan fingerprint density at radius 2 is 1.72 bits per heavy atom. The first-order valence-electron chi connectivity index (χ1n) is 11.2. The molecule has 2 aromatic carbocycles. The number of aromatic amines is 1. The van der Waals surface area contributed by atoms with Crippen molar-refractivity contribution in [2.75, 3.05) is 36.4 Å². The molecular weight excluding hydrogens is 501 g/mol. The monoisotopic (exact) mass is 523 g/mol. The number of aromatic nitrogens is 4. The molecule has 0 spiro atoms. The predicted molar refractivity (Wildman–Crippen MR) is 142 cm³/mol. The van der Waals surface area contributed by atoms with Gasteiger partial charge in [-0.25, -0.2) is 14.3 Å². The molecule has 1 aliphatic heterocycles. The number of amidine groups is 1. The van der Waals surface area contributed by atoms with Crippen LogP contribution in [0.5, 0.6) is 0 Å². The normalized spacial score (nSPS) is 13.8. The van der Waals surface area contributed by atoms with Gasteiger partial charge in [-0.15, -0.1) is 0 Å². The van der Waals surface area contributed by atoms with E-state index in [1.165, 1.54) is 6.20 Å². The second-order valence-electron chi connectivity index (χ2n) is 8.37. The number of hydrogen-bond acceptors (Lipinski definition) is 7. The number of nitrogens with one attached hydrogen (secondary N) is 4. The molecule has 5 rings (SSSR count). The minimum atomic E-state index is -0.588. The van der Waals surface area contributed by atoms with Crippen LogP contribution in [0.1, 0.15) is 6.92 Å². The van der Waals surface area contributed by atoms with Crippen molar-refractivity contribution in [1.82, 2.24) is 24.4 Å². The van der Waals surface area contributed by atoms with E-state index >= 15 is 0 Å². The molecule has 1 fully saturated rings. The fourth-order valence-electron chi connectivity index (χ4n) is 4.19. The zero-order chi connectivity index (χ0) is 25.4. The van der Waals surface area contributed by atoms with Crippen LogP contribution in [-0.2, 0) is 0 Å². The molecule has 2 aromatic heterocycles. The molecule has 184 valence electrons. The maximum Gasteiger partial charge on any atom is 0.333 e. The molecule has 1 saturated heterocycles. The second-order valence-corrected chi connectivity index (χ2v) is 9.19. The molecule has 0 bridgehead atoms. The number of para-hydroxylation sites is 1. The molecule has 0 aliphatic carbocycles. The quantitative estimate of drug-likeness (QED) is 0.238. The zero-order valence-electron chi connectivity index (χ0n) is 19.3. The summed E-state index contributed by atoms with van der Waals surface area (Å²) < 4.78 is 1.10. The molecule has 0 atom stereocenters. The average Bonchev–Trinajstić information content (AvgIpc) is 2.86. The van der Waals surface area contributed by atoms with Gasteiger partial charge in [0.1, 0.15) is 5.49 Å². The number of H-pyrrole nitrogens is 1. The van der Waals surface area contributed by atoms with Crippen molar-refractivity contribution < 1.29 is 0 Å². The van der Waals surface area contributed by atoms with Crippen LogP contribution < -0.4 is 21.4 Å². The molecule has 0 saturated carbocycles. The minimum absolute atomic E-state index is 0.127. The summed E-state index contributed by atoms with van der Waals surface area (Å²) in [6, 6.07) is 12.8. The zero-order valence-corrected chi connectivity index (χ0v) is 20.9. The summed E-state index contributed by atoms with van der Waals surface area (Å²) in [4.78, 5) is 28.6. The molecule has 3 heterocycles. The Morgan fingerprint density at radius 1 is 1.06 bits per heavy atom. The van der Waals surface area contributed by atoms with Gasteiger partial charge in [-0.1, -0.05) is 29.3 Å². The van der Waals surface area contributed by atoms with E-state index in [-0.39, 0.29) is 32.8 Å². The highest BCUT2D eigenvalue weighted by Gasteiger charge is 2.18. The first-order chi connectivity index (χ1) is 17.3. The van der Waals surface area contributed by atoms with Crippen molar-refractivity contribution in [3.05, 3.63) is 74.7 Å². The van der Waals surface area contributed by atoms with E-state index in [0.717, 1.165) is 42.1 Å². The summed E-state index contributed by atoms with van der Waals surface area (Å²) in [5.74, 6) is 0.889. The number of fused-ring (bicyclic) bond motifs is 1. The summed E-state index contributed by atoms with van der Waals surface area (Å²) in [5, 5.41) is 20.3. The summed E-state index contributed by atoms with van der Waals surface area (Å²) in [7, 11) is 0. The highest BCUT2D eigenvalue weighted by Crippen LogP contribution is 2.26. The lowest BCUT2D eigenvalue weighted by Crippen LogP contribution is -2.47. The predicted octanol–water partition coefficient (Wildman–Crippen LogP) is 3.76. The van der Waals surface area contributed by atoms with Crippen molar-refractivity contribution in [2.24, 2.45) is 0 Å². The first-order valence-corrected chi connectivity index (χ1v) is 12.0. The van der Waals surface area contributed by atoms with E-state index < -0.39 is 5.69 Å². The number of benzene rings is 2. The number of anilines is 3. The molecule has 1 aliphatic rings. The fraction of sp³-hybridized carbons (Fsp3) is 0.208. The van der Waals surface area contributed by atoms with E-state index in [9.17, 15) is 4.79 Å². The number of nitrogens with zero attached hydrogens (tertiary/aromatic N) is 5. The molecule has 36 heavy (non-hydrogen) atoms. The van der Waals surface area contributed by atoms with E-state index in [4.69, 9.17) is 34.0 Å². The third-order valence-electron chi connectivity index (χ3n) is 6.10. The van der Waals surface area contributed by atoms with Gasteiger partial charge in [-0.05, 0) is 43.3 Å². The Labute approximate surface area is 216 Å². The van der Waals surface area contributed by atoms with E-state index in [2.05, 4.69) is 30.1 Å². The summed E-state index contributed by atoms with van der Waals surface area (Å²) >= 11 is 12.5. The largest absolute Gasteiger partial charge is 0.368 e. The van der Waals surface area contributed by atoms with Crippen molar-refractivity contribution in [1.29, 1.82) is 10.8 Å². The maximum absolute atomic E-state index is 12.8. The summed E-state index contributed by atoms with van der Waals surface area (Å²) in [6.45, 7) is 5.20. The number of piperazine rings is 1. The average molecular weight is 524 g/mol. The van der Waals surface area contributed by atoms with Crippen molar-refractivity contribution in [3.8, 4) is 5.69 Å². The van der Waals surface area contributed by atoms with Crippen LogP contribution in [-0.4, -0.2) is 56.4 Å².